The summed E-state index contributed by atoms with van der Waals surface area (Å²) in [5.74, 6) is 1.96. The van der Waals surface area contributed by atoms with E-state index >= 15 is 0 Å². The van der Waals surface area contributed by atoms with E-state index in [0.29, 0.717) is 34.5 Å². The summed E-state index contributed by atoms with van der Waals surface area (Å²) in [6.07, 6.45) is 1.92. The fraction of sp³-hybridized carbons (Fsp3) is 0.238. The van der Waals surface area contributed by atoms with E-state index < -0.39 is 0 Å². The van der Waals surface area contributed by atoms with Crippen LogP contribution in [0, 0.1) is 0 Å². The lowest BCUT2D eigenvalue weighted by Crippen LogP contribution is -2.09. The maximum absolute atomic E-state index is 6.13. The number of benzene rings is 2. The quantitative estimate of drug-likeness (QED) is 0.393. The van der Waals surface area contributed by atoms with Crippen molar-refractivity contribution in [3.05, 3.63) is 58.4 Å². The van der Waals surface area contributed by atoms with Gasteiger partial charge in [0.25, 0.3) is 0 Å². The molecule has 0 atom stereocenters. The van der Waals surface area contributed by atoms with Crippen molar-refractivity contribution in [3.63, 3.8) is 0 Å². The number of aromatic nitrogens is 3. The highest BCUT2D eigenvalue weighted by molar-refractivity contribution is 8.00. The molecule has 0 saturated carbocycles. The standard InChI is InChI=1S/C21H20ClN5O3S/c1-28-16-4-3-14(22)7-19(16)31-26-21-20-17(29-2)5-12(6-18(20)30-25-21)11-27-15-10-23-8-13(15)9-24-27/h3-7,9,23H,8,10-11H2,1-2H3,(H,25,26). The van der Waals surface area contributed by atoms with Gasteiger partial charge in [0.2, 0.25) is 0 Å². The predicted molar refractivity (Wildman–Crippen MR) is 120 cm³/mol. The second-order valence-corrected chi connectivity index (χ2v) is 8.36. The highest BCUT2D eigenvalue weighted by Crippen LogP contribution is 2.38. The van der Waals surface area contributed by atoms with Crippen molar-refractivity contribution in [2.75, 3.05) is 18.9 Å². The number of nitrogens with zero attached hydrogens (tertiary/aromatic N) is 3. The van der Waals surface area contributed by atoms with Gasteiger partial charge in [0.1, 0.15) is 16.9 Å². The van der Waals surface area contributed by atoms with Gasteiger partial charge < -0.3 is 24.0 Å². The minimum Gasteiger partial charge on any atom is -0.496 e. The Kier molecular flexibility index (Phi) is 5.39. The summed E-state index contributed by atoms with van der Waals surface area (Å²) in [7, 11) is 3.26. The van der Waals surface area contributed by atoms with E-state index in [1.165, 1.54) is 23.2 Å². The molecule has 8 nitrogen and oxygen atoms in total. The van der Waals surface area contributed by atoms with Gasteiger partial charge in [-0.25, -0.2) is 0 Å². The van der Waals surface area contributed by atoms with Gasteiger partial charge in [-0.15, -0.1) is 0 Å². The largest absolute Gasteiger partial charge is 0.496 e. The molecule has 0 spiro atoms. The average Bonchev–Trinajstić information content (AvgIpc) is 3.49. The minimum atomic E-state index is 0.564. The molecule has 3 heterocycles. The van der Waals surface area contributed by atoms with Gasteiger partial charge in [0, 0.05) is 23.7 Å². The fourth-order valence-electron chi connectivity index (χ4n) is 3.67. The van der Waals surface area contributed by atoms with Crippen LogP contribution >= 0.6 is 23.5 Å². The Bertz CT molecular complexity index is 1260. The first-order valence-electron chi connectivity index (χ1n) is 9.63. The molecule has 0 radical (unpaired) electrons. The van der Waals surface area contributed by atoms with E-state index in [4.69, 9.17) is 25.6 Å². The van der Waals surface area contributed by atoms with E-state index in [9.17, 15) is 0 Å². The molecular weight excluding hydrogens is 438 g/mol. The summed E-state index contributed by atoms with van der Waals surface area (Å²) >= 11 is 7.47. The molecule has 2 N–H and O–H groups in total. The number of hydrogen-bond donors (Lipinski definition) is 2. The second-order valence-electron chi connectivity index (χ2n) is 7.08. The normalized spacial score (nSPS) is 12.9. The molecule has 1 aliphatic rings. The number of methoxy groups -OCH3 is 2. The van der Waals surface area contributed by atoms with Gasteiger partial charge in [-0.2, -0.15) is 5.10 Å². The third-order valence-corrected chi connectivity index (χ3v) is 6.25. The number of fused-ring (bicyclic) bond motifs is 2. The summed E-state index contributed by atoms with van der Waals surface area (Å²) in [5, 5.41) is 13.5. The first-order valence-corrected chi connectivity index (χ1v) is 10.8. The van der Waals surface area contributed by atoms with Crippen molar-refractivity contribution in [3.8, 4) is 11.5 Å². The molecule has 2 aromatic carbocycles. The zero-order chi connectivity index (χ0) is 21.4. The molecule has 0 bridgehead atoms. The van der Waals surface area contributed by atoms with Crippen LogP contribution in [0.2, 0.25) is 5.02 Å². The molecule has 2 aromatic heterocycles. The number of nitrogens with one attached hydrogen (secondary N) is 2. The van der Waals surface area contributed by atoms with Crippen LogP contribution < -0.4 is 19.5 Å². The second kappa shape index (κ2) is 8.33. The van der Waals surface area contributed by atoms with Gasteiger partial charge in [0.05, 0.1) is 37.6 Å². The van der Waals surface area contributed by atoms with Crippen molar-refractivity contribution in [2.24, 2.45) is 0 Å². The molecule has 10 heteroatoms. The zero-order valence-corrected chi connectivity index (χ0v) is 18.5. The lowest BCUT2D eigenvalue weighted by Gasteiger charge is -2.10. The minimum absolute atomic E-state index is 0.564. The van der Waals surface area contributed by atoms with E-state index in [-0.39, 0.29) is 0 Å². The molecule has 5 rings (SSSR count). The predicted octanol–water partition coefficient (Wildman–Crippen LogP) is 4.47. The molecule has 0 amide bonds. The average molecular weight is 458 g/mol. The van der Waals surface area contributed by atoms with E-state index in [1.807, 2.05) is 35.1 Å². The van der Waals surface area contributed by atoms with Crippen molar-refractivity contribution >= 4 is 40.3 Å². The van der Waals surface area contributed by atoms with Crippen molar-refractivity contribution < 1.29 is 14.0 Å². The van der Waals surface area contributed by atoms with Crippen LogP contribution in [0.4, 0.5) is 5.82 Å². The zero-order valence-electron chi connectivity index (χ0n) is 16.9. The first-order chi connectivity index (χ1) is 15.2. The molecule has 31 heavy (non-hydrogen) atoms. The molecule has 160 valence electrons. The lowest BCUT2D eigenvalue weighted by atomic mass is 10.1. The highest BCUT2D eigenvalue weighted by Gasteiger charge is 2.19. The molecule has 0 unspecified atom stereocenters. The van der Waals surface area contributed by atoms with Crippen LogP contribution in [0.5, 0.6) is 11.5 Å². The molecule has 0 aliphatic carbocycles. The lowest BCUT2D eigenvalue weighted by molar-refractivity contribution is 0.405. The van der Waals surface area contributed by atoms with E-state index in [0.717, 1.165) is 28.9 Å². The van der Waals surface area contributed by atoms with Crippen LogP contribution in [0.1, 0.15) is 16.8 Å². The van der Waals surface area contributed by atoms with Gasteiger partial charge in [-0.3, -0.25) is 4.68 Å². The molecule has 1 aliphatic heterocycles. The van der Waals surface area contributed by atoms with Crippen LogP contribution in [0.25, 0.3) is 11.0 Å². The maximum atomic E-state index is 6.13. The van der Waals surface area contributed by atoms with Gasteiger partial charge in [0.15, 0.2) is 11.4 Å². The third kappa shape index (κ3) is 3.80. The number of rotatable bonds is 7. The molecule has 0 saturated heterocycles. The summed E-state index contributed by atoms with van der Waals surface area (Å²) in [5.41, 5.74) is 4.12. The number of anilines is 1. The monoisotopic (exact) mass is 457 g/mol. The smallest absolute Gasteiger partial charge is 0.191 e. The Morgan fingerprint density at radius 2 is 2.06 bits per heavy atom. The van der Waals surface area contributed by atoms with Crippen molar-refractivity contribution in [2.45, 2.75) is 24.5 Å². The summed E-state index contributed by atoms with van der Waals surface area (Å²) < 4.78 is 21.9. The topological polar surface area (TPSA) is 86.4 Å². The Morgan fingerprint density at radius 3 is 2.90 bits per heavy atom. The highest BCUT2D eigenvalue weighted by atomic mass is 35.5. The third-order valence-electron chi connectivity index (χ3n) is 5.18. The van der Waals surface area contributed by atoms with Crippen LogP contribution in [-0.2, 0) is 19.6 Å². The Hall–Kier alpha value is -2.88. The SMILES string of the molecule is COc1ccc(Cl)cc1SNc1noc2cc(Cn3ncc4c3CNC4)cc(OC)c12. The summed E-state index contributed by atoms with van der Waals surface area (Å²) in [4.78, 5) is 0.836. The summed E-state index contributed by atoms with van der Waals surface area (Å²) in [6, 6.07) is 9.39. The van der Waals surface area contributed by atoms with Crippen LogP contribution in [0.3, 0.4) is 0 Å². The fourth-order valence-corrected chi connectivity index (χ4v) is 4.69. The van der Waals surface area contributed by atoms with Gasteiger partial charge in [-0.1, -0.05) is 16.8 Å². The van der Waals surface area contributed by atoms with Crippen molar-refractivity contribution in [1.29, 1.82) is 0 Å². The first kappa shape index (κ1) is 20.0. The van der Waals surface area contributed by atoms with Crippen LogP contribution in [0.15, 0.2) is 45.9 Å². The van der Waals surface area contributed by atoms with Crippen LogP contribution in [-0.4, -0.2) is 29.2 Å². The molecular formula is C21H20ClN5O3S. The van der Waals surface area contributed by atoms with Crippen molar-refractivity contribution in [1.82, 2.24) is 20.3 Å². The summed E-state index contributed by atoms with van der Waals surface area (Å²) in [6.45, 7) is 2.32. The van der Waals surface area contributed by atoms with E-state index in [2.05, 4.69) is 20.3 Å². The Morgan fingerprint density at radius 1 is 1.19 bits per heavy atom. The van der Waals surface area contributed by atoms with Gasteiger partial charge in [-0.05, 0) is 47.8 Å². The van der Waals surface area contributed by atoms with E-state index in [1.54, 1.807) is 20.3 Å². The molecule has 0 fully saturated rings. The maximum Gasteiger partial charge on any atom is 0.191 e. The number of hydrogen-bond acceptors (Lipinski definition) is 8. The number of halogens is 1. The number of ether oxygens (including phenoxy) is 2. The van der Waals surface area contributed by atoms with Gasteiger partial charge >= 0.3 is 0 Å². The Labute approximate surface area is 188 Å². The Balaban J connectivity index is 1.42. The molecule has 4 aromatic rings.